The molecule has 31 heavy (non-hydrogen) atoms. The predicted octanol–water partition coefficient (Wildman–Crippen LogP) is 2.98. The maximum Gasteiger partial charge on any atom is 0.411 e. The van der Waals surface area contributed by atoms with Crippen molar-refractivity contribution in [2.45, 2.75) is 57.0 Å². The van der Waals surface area contributed by atoms with E-state index < -0.39 is 30.3 Å². The molecule has 1 aliphatic heterocycles. The van der Waals surface area contributed by atoms with Crippen LogP contribution in [0.5, 0.6) is 0 Å². The number of alkyl halides is 3. The maximum absolute atomic E-state index is 12.9. The lowest BCUT2D eigenvalue weighted by atomic mass is 9.81. The van der Waals surface area contributed by atoms with E-state index in [1.807, 2.05) is 0 Å². The first-order valence-electron chi connectivity index (χ1n) is 10.2. The van der Waals surface area contributed by atoms with Crippen LogP contribution < -0.4 is 5.32 Å². The summed E-state index contributed by atoms with van der Waals surface area (Å²) in [5.41, 5.74) is 0.487. The topological polar surface area (TPSA) is 79.0 Å². The smallest absolute Gasteiger partial charge is 0.367 e. The Morgan fingerprint density at radius 1 is 1.10 bits per heavy atom. The highest BCUT2D eigenvalue weighted by Crippen LogP contribution is 2.39. The number of urea groups is 1. The minimum atomic E-state index is -4.37. The van der Waals surface area contributed by atoms with Gasteiger partial charge in [0.1, 0.15) is 18.7 Å². The number of halogens is 3. The lowest BCUT2D eigenvalue weighted by Gasteiger charge is -2.35. The fourth-order valence-electron chi connectivity index (χ4n) is 4.11. The van der Waals surface area contributed by atoms with Crippen LogP contribution in [0.15, 0.2) is 24.3 Å². The standard InChI is InChI=1S/C21H26F3N3O4/c1-26-19(30)27(18(29)20(26)9-3-2-4-10-20)12-17(28)25-11-15-5-7-16(8-6-15)13-31-14-21(22,23)24/h5-8H,2-4,9-14H2,1H3,(H,25,28). The van der Waals surface area contributed by atoms with Gasteiger partial charge in [0.2, 0.25) is 5.91 Å². The molecule has 1 aliphatic carbocycles. The molecule has 0 radical (unpaired) electrons. The molecule has 2 aliphatic rings. The first-order valence-corrected chi connectivity index (χ1v) is 10.2. The maximum atomic E-state index is 12.9. The van der Waals surface area contributed by atoms with Gasteiger partial charge in [-0.3, -0.25) is 14.5 Å². The van der Waals surface area contributed by atoms with E-state index in [2.05, 4.69) is 10.1 Å². The molecule has 0 bridgehead atoms. The van der Waals surface area contributed by atoms with E-state index in [1.54, 1.807) is 31.3 Å². The van der Waals surface area contributed by atoms with Gasteiger partial charge in [-0.15, -0.1) is 0 Å². The van der Waals surface area contributed by atoms with Crippen molar-refractivity contribution >= 4 is 17.8 Å². The molecule has 1 aromatic carbocycles. The molecule has 170 valence electrons. The van der Waals surface area contributed by atoms with Crippen LogP contribution in [0.2, 0.25) is 0 Å². The van der Waals surface area contributed by atoms with Gasteiger partial charge in [0.05, 0.1) is 6.61 Å². The quantitative estimate of drug-likeness (QED) is 0.660. The van der Waals surface area contributed by atoms with Crippen LogP contribution in [0.4, 0.5) is 18.0 Å². The number of ether oxygens (including phenoxy) is 1. The molecule has 10 heteroatoms. The molecule has 1 N–H and O–H groups in total. The van der Waals surface area contributed by atoms with Gasteiger partial charge in [0.25, 0.3) is 5.91 Å². The first-order chi connectivity index (χ1) is 14.6. The Bertz CT molecular complexity index is 820. The summed E-state index contributed by atoms with van der Waals surface area (Å²) < 4.78 is 40.9. The van der Waals surface area contributed by atoms with Crippen molar-refractivity contribution in [3.63, 3.8) is 0 Å². The second kappa shape index (κ2) is 9.25. The fraction of sp³-hybridized carbons (Fsp3) is 0.571. The summed E-state index contributed by atoms with van der Waals surface area (Å²) in [4.78, 5) is 40.3. The van der Waals surface area contributed by atoms with Crippen LogP contribution in [0.3, 0.4) is 0 Å². The highest BCUT2D eigenvalue weighted by Gasteiger charge is 2.55. The number of nitrogens with one attached hydrogen (secondary N) is 1. The van der Waals surface area contributed by atoms with Crippen LogP contribution in [0, 0.1) is 0 Å². The number of benzene rings is 1. The number of nitrogens with zero attached hydrogens (tertiary/aromatic N) is 2. The second-order valence-electron chi connectivity index (χ2n) is 8.03. The number of amides is 4. The lowest BCUT2D eigenvalue weighted by Crippen LogP contribution is -2.49. The zero-order chi connectivity index (χ0) is 22.6. The summed E-state index contributed by atoms with van der Waals surface area (Å²) in [5, 5.41) is 2.67. The largest absolute Gasteiger partial charge is 0.411 e. The molecule has 4 amide bonds. The van der Waals surface area contributed by atoms with Crippen molar-refractivity contribution in [2.24, 2.45) is 0 Å². The Balaban J connectivity index is 1.49. The van der Waals surface area contributed by atoms with Gasteiger partial charge in [0, 0.05) is 13.6 Å². The normalized spacial score (nSPS) is 18.7. The molecule has 7 nitrogen and oxygen atoms in total. The van der Waals surface area contributed by atoms with Crippen molar-refractivity contribution in [1.82, 2.24) is 15.1 Å². The molecule has 1 saturated carbocycles. The van der Waals surface area contributed by atoms with Gasteiger partial charge in [-0.05, 0) is 24.0 Å². The molecule has 2 fully saturated rings. The Morgan fingerprint density at radius 3 is 2.32 bits per heavy atom. The molecule has 3 rings (SSSR count). The molecule has 1 heterocycles. The Kier molecular flexibility index (Phi) is 6.88. The van der Waals surface area contributed by atoms with Gasteiger partial charge in [-0.1, -0.05) is 43.5 Å². The lowest BCUT2D eigenvalue weighted by molar-refractivity contribution is -0.176. The van der Waals surface area contributed by atoms with E-state index in [-0.39, 0.29) is 25.6 Å². The number of rotatable bonds is 7. The Morgan fingerprint density at radius 2 is 1.71 bits per heavy atom. The van der Waals surface area contributed by atoms with Crippen molar-refractivity contribution in [1.29, 1.82) is 0 Å². The third-order valence-electron chi connectivity index (χ3n) is 5.83. The monoisotopic (exact) mass is 441 g/mol. The minimum absolute atomic E-state index is 0.166. The highest BCUT2D eigenvalue weighted by atomic mass is 19.4. The first kappa shape index (κ1) is 23.1. The number of likely N-dealkylation sites (N-methyl/N-ethyl adjacent to an activating group) is 1. The van der Waals surface area contributed by atoms with Crippen molar-refractivity contribution in [2.75, 3.05) is 20.2 Å². The third kappa shape index (κ3) is 5.36. The SMILES string of the molecule is CN1C(=O)N(CC(=O)NCc2ccc(COCC(F)(F)F)cc2)C(=O)C12CCCCC2. The summed E-state index contributed by atoms with van der Waals surface area (Å²) in [6.45, 7) is -1.65. The summed E-state index contributed by atoms with van der Waals surface area (Å²) in [5.74, 6) is -0.765. The van der Waals surface area contributed by atoms with Gasteiger partial charge >= 0.3 is 12.2 Å². The molecular weight excluding hydrogens is 415 g/mol. The fourth-order valence-corrected chi connectivity index (χ4v) is 4.11. The molecule has 0 unspecified atom stereocenters. The summed E-state index contributed by atoms with van der Waals surface area (Å²) in [6.07, 6.45) is -0.351. The van der Waals surface area contributed by atoms with Gasteiger partial charge in [0.15, 0.2) is 0 Å². The van der Waals surface area contributed by atoms with Gasteiger partial charge in [-0.25, -0.2) is 4.79 Å². The number of carbonyl (C=O) groups excluding carboxylic acids is 3. The number of hydrogen-bond acceptors (Lipinski definition) is 4. The van der Waals surface area contributed by atoms with E-state index in [0.29, 0.717) is 18.4 Å². The third-order valence-corrected chi connectivity index (χ3v) is 5.83. The van der Waals surface area contributed by atoms with E-state index in [4.69, 9.17) is 0 Å². The van der Waals surface area contributed by atoms with Crippen LogP contribution >= 0.6 is 0 Å². The van der Waals surface area contributed by atoms with Crippen LogP contribution in [0.1, 0.15) is 43.2 Å². The van der Waals surface area contributed by atoms with Gasteiger partial charge in [-0.2, -0.15) is 13.2 Å². The molecule has 1 saturated heterocycles. The van der Waals surface area contributed by atoms with Crippen LogP contribution in [0.25, 0.3) is 0 Å². The van der Waals surface area contributed by atoms with E-state index in [1.165, 1.54) is 4.90 Å². The Hall–Kier alpha value is -2.62. The van der Waals surface area contributed by atoms with Crippen molar-refractivity contribution in [3.8, 4) is 0 Å². The zero-order valence-corrected chi connectivity index (χ0v) is 17.3. The number of imide groups is 1. The Labute approximate surface area is 178 Å². The minimum Gasteiger partial charge on any atom is -0.367 e. The molecule has 1 aromatic rings. The van der Waals surface area contributed by atoms with E-state index in [0.717, 1.165) is 29.7 Å². The number of hydrogen-bond donors (Lipinski definition) is 1. The van der Waals surface area contributed by atoms with Crippen LogP contribution in [-0.2, 0) is 27.5 Å². The van der Waals surface area contributed by atoms with Gasteiger partial charge < -0.3 is 15.0 Å². The zero-order valence-electron chi connectivity index (χ0n) is 17.3. The predicted molar refractivity (Wildman–Crippen MR) is 105 cm³/mol. The average molecular weight is 441 g/mol. The highest BCUT2D eigenvalue weighted by molar-refractivity contribution is 6.08. The number of carbonyl (C=O) groups is 3. The summed E-state index contributed by atoms with van der Waals surface area (Å²) >= 11 is 0. The average Bonchev–Trinajstić information content (AvgIpc) is 2.89. The van der Waals surface area contributed by atoms with Crippen LogP contribution in [-0.4, -0.2) is 59.6 Å². The summed E-state index contributed by atoms with van der Waals surface area (Å²) in [6, 6.07) is 6.12. The van der Waals surface area contributed by atoms with E-state index >= 15 is 0 Å². The second-order valence-corrected chi connectivity index (χ2v) is 8.03. The molecule has 1 spiro atoms. The van der Waals surface area contributed by atoms with E-state index in [9.17, 15) is 27.6 Å². The van der Waals surface area contributed by atoms with Crippen molar-refractivity contribution < 1.29 is 32.3 Å². The molecule has 0 atom stereocenters. The van der Waals surface area contributed by atoms with Crippen molar-refractivity contribution in [3.05, 3.63) is 35.4 Å². The summed E-state index contributed by atoms with van der Waals surface area (Å²) in [7, 11) is 1.61. The molecular formula is C21H26F3N3O4. The molecule has 0 aromatic heterocycles.